The molecule has 112 valence electrons. The van der Waals surface area contributed by atoms with E-state index in [2.05, 4.69) is 29.3 Å². The predicted octanol–water partition coefficient (Wildman–Crippen LogP) is 2.66. The summed E-state index contributed by atoms with van der Waals surface area (Å²) in [5, 5.41) is 7.47. The standard InChI is InChI=1S/C15H25N3OS/c1-2-8-16-15(18-12-14-6-4-11-20-14)17-9-7-13-5-3-10-19-13/h3,5,10,14H,2,4,6-9,11-12H2,1H3,(H2,16,17,18). The summed E-state index contributed by atoms with van der Waals surface area (Å²) >= 11 is 2.05. The average Bonchev–Trinajstić information content (AvgIpc) is 3.14. The van der Waals surface area contributed by atoms with Gasteiger partial charge in [-0.1, -0.05) is 6.92 Å². The maximum absolute atomic E-state index is 5.33. The second-order valence-electron chi connectivity index (χ2n) is 5.01. The monoisotopic (exact) mass is 295 g/mol. The Hall–Kier alpha value is -1.10. The van der Waals surface area contributed by atoms with E-state index < -0.39 is 0 Å². The van der Waals surface area contributed by atoms with Crippen LogP contribution in [-0.2, 0) is 6.42 Å². The molecule has 1 aliphatic heterocycles. The number of thioether (sulfide) groups is 1. The molecule has 1 fully saturated rings. The minimum absolute atomic E-state index is 0.709. The van der Waals surface area contributed by atoms with Crippen molar-refractivity contribution in [3.8, 4) is 0 Å². The highest BCUT2D eigenvalue weighted by Gasteiger charge is 2.14. The molecule has 20 heavy (non-hydrogen) atoms. The second-order valence-corrected chi connectivity index (χ2v) is 6.42. The second kappa shape index (κ2) is 8.95. The van der Waals surface area contributed by atoms with Gasteiger partial charge >= 0.3 is 0 Å². The first kappa shape index (κ1) is 15.3. The lowest BCUT2D eigenvalue weighted by Gasteiger charge is -2.13. The zero-order chi connectivity index (χ0) is 14.0. The van der Waals surface area contributed by atoms with Crippen molar-refractivity contribution >= 4 is 17.7 Å². The summed E-state index contributed by atoms with van der Waals surface area (Å²) in [4.78, 5) is 4.71. The number of hydrogen-bond acceptors (Lipinski definition) is 3. The van der Waals surface area contributed by atoms with E-state index in [0.29, 0.717) is 5.25 Å². The fourth-order valence-electron chi connectivity index (χ4n) is 2.16. The van der Waals surface area contributed by atoms with Crippen molar-refractivity contribution in [3.05, 3.63) is 24.2 Å². The Bertz CT molecular complexity index is 386. The Morgan fingerprint density at radius 2 is 2.35 bits per heavy atom. The van der Waals surface area contributed by atoms with Crippen LogP contribution in [0.25, 0.3) is 0 Å². The summed E-state index contributed by atoms with van der Waals surface area (Å²) < 4.78 is 5.33. The van der Waals surface area contributed by atoms with Crippen LogP contribution in [0, 0.1) is 0 Å². The SMILES string of the molecule is CCCNC(=NCC1CCCS1)NCCc1ccco1. The molecule has 0 spiro atoms. The highest BCUT2D eigenvalue weighted by atomic mass is 32.2. The van der Waals surface area contributed by atoms with Crippen molar-refractivity contribution in [3.63, 3.8) is 0 Å². The molecule has 0 saturated carbocycles. The number of rotatable bonds is 7. The maximum atomic E-state index is 5.33. The molecule has 0 radical (unpaired) electrons. The van der Waals surface area contributed by atoms with Crippen molar-refractivity contribution in [1.82, 2.24) is 10.6 Å². The molecule has 0 aliphatic carbocycles. The molecule has 1 atom stereocenters. The van der Waals surface area contributed by atoms with Gasteiger partial charge in [0.05, 0.1) is 12.8 Å². The van der Waals surface area contributed by atoms with Gasteiger partial charge in [-0.2, -0.15) is 11.8 Å². The van der Waals surface area contributed by atoms with Crippen LogP contribution in [0.4, 0.5) is 0 Å². The summed E-state index contributed by atoms with van der Waals surface area (Å²) in [7, 11) is 0. The first-order chi connectivity index (χ1) is 9.88. The molecule has 2 N–H and O–H groups in total. The molecule has 5 heteroatoms. The number of nitrogens with one attached hydrogen (secondary N) is 2. The quantitative estimate of drug-likeness (QED) is 0.600. The molecule has 0 aromatic carbocycles. The van der Waals surface area contributed by atoms with Crippen LogP contribution < -0.4 is 10.6 Å². The van der Waals surface area contributed by atoms with E-state index in [9.17, 15) is 0 Å². The van der Waals surface area contributed by atoms with E-state index in [0.717, 1.165) is 44.2 Å². The van der Waals surface area contributed by atoms with Crippen LogP contribution in [0.3, 0.4) is 0 Å². The number of nitrogens with zero attached hydrogens (tertiary/aromatic N) is 1. The van der Waals surface area contributed by atoms with Crippen molar-refractivity contribution < 1.29 is 4.42 Å². The van der Waals surface area contributed by atoms with E-state index in [-0.39, 0.29) is 0 Å². The van der Waals surface area contributed by atoms with Crippen LogP contribution >= 0.6 is 11.8 Å². The molecular formula is C15H25N3OS. The molecule has 0 bridgehead atoms. The van der Waals surface area contributed by atoms with Crippen LogP contribution in [0.5, 0.6) is 0 Å². The van der Waals surface area contributed by atoms with Gasteiger partial charge < -0.3 is 15.1 Å². The van der Waals surface area contributed by atoms with Gasteiger partial charge in [-0.3, -0.25) is 4.99 Å². The lowest BCUT2D eigenvalue weighted by atomic mass is 10.2. The molecule has 2 heterocycles. The first-order valence-corrected chi connectivity index (χ1v) is 8.59. The highest BCUT2D eigenvalue weighted by molar-refractivity contribution is 8.00. The highest BCUT2D eigenvalue weighted by Crippen LogP contribution is 2.25. The lowest BCUT2D eigenvalue weighted by Crippen LogP contribution is -2.39. The number of guanidine groups is 1. The third kappa shape index (κ3) is 5.49. The van der Waals surface area contributed by atoms with Gasteiger partial charge in [-0.25, -0.2) is 0 Å². The van der Waals surface area contributed by atoms with Gasteiger partial charge in [0.1, 0.15) is 5.76 Å². The van der Waals surface area contributed by atoms with E-state index in [1.807, 2.05) is 12.1 Å². The fraction of sp³-hybridized carbons (Fsp3) is 0.667. The van der Waals surface area contributed by atoms with Gasteiger partial charge in [0, 0.05) is 24.8 Å². The number of aliphatic imine (C=N–C) groups is 1. The summed E-state index contributed by atoms with van der Waals surface area (Å²) in [6.45, 7) is 4.90. The smallest absolute Gasteiger partial charge is 0.191 e. The van der Waals surface area contributed by atoms with Gasteiger partial charge in [-0.15, -0.1) is 0 Å². The Labute approximate surface area is 125 Å². The molecule has 1 aliphatic rings. The van der Waals surface area contributed by atoms with Crippen LogP contribution in [-0.4, -0.2) is 36.6 Å². The molecule has 2 rings (SSSR count). The Morgan fingerprint density at radius 3 is 3.05 bits per heavy atom. The Morgan fingerprint density at radius 1 is 1.45 bits per heavy atom. The van der Waals surface area contributed by atoms with Crippen LogP contribution in [0.15, 0.2) is 27.8 Å². The summed E-state index contributed by atoms with van der Waals surface area (Å²) in [6.07, 6.45) is 6.36. The van der Waals surface area contributed by atoms with Crippen molar-refractivity contribution in [2.24, 2.45) is 4.99 Å². The fourth-order valence-corrected chi connectivity index (χ4v) is 3.34. The van der Waals surface area contributed by atoms with Crippen molar-refractivity contribution in [2.45, 2.75) is 37.9 Å². The normalized spacial score (nSPS) is 19.2. The zero-order valence-corrected chi connectivity index (χ0v) is 13.0. The predicted molar refractivity (Wildman–Crippen MR) is 86.5 cm³/mol. The van der Waals surface area contributed by atoms with Crippen molar-refractivity contribution in [2.75, 3.05) is 25.4 Å². The summed E-state index contributed by atoms with van der Waals surface area (Å²) in [6, 6.07) is 3.93. The minimum atomic E-state index is 0.709. The molecule has 1 saturated heterocycles. The topological polar surface area (TPSA) is 49.6 Å². The Balaban J connectivity index is 1.74. The van der Waals surface area contributed by atoms with Gasteiger partial charge in [0.2, 0.25) is 0 Å². The van der Waals surface area contributed by atoms with Crippen LogP contribution in [0.2, 0.25) is 0 Å². The molecular weight excluding hydrogens is 270 g/mol. The third-order valence-corrected chi connectivity index (χ3v) is 4.64. The van der Waals surface area contributed by atoms with Gasteiger partial charge in [0.25, 0.3) is 0 Å². The molecule has 0 amide bonds. The maximum Gasteiger partial charge on any atom is 0.191 e. The molecule has 1 aromatic heterocycles. The third-order valence-electron chi connectivity index (χ3n) is 3.26. The molecule has 1 aromatic rings. The summed E-state index contributed by atoms with van der Waals surface area (Å²) in [5.41, 5.74) is 0. The summed E-state index contributed by atoms with van der Waals surface area (Å²) in [5.74, 6) is 3.24. The van der Waals surface area contributed by atoms with E-state index in [4.69, 9.17) is 9.41 Å². The lowest BCUT2D eigenvalue weighted by molar-refractivity contribution is 0.506. The average molecular weight is 295 g/mol. The zero-order valence-electron chi connectivity index (χ0n) is 12.2. The van der Waals surface area contributed by atoms with Gasteiger partial charge in [0.15, 0.2) is 5.96 Å². The van der Waals surface area contributed by atoms with E-state index in [1.54, 1.807) is 6.26 Å². The minimum Gasteiger partial charge on any atom is -0.469 e. The molecule has 4 nitrogen and oxygen atoms in total. The number of furan rings is 1. The Kier molecular flexibility index (Phi) is 6.84. The number of hydrogen-bond donors (Lipinski definition) is 2. The molecule has 1 unspecified atom stereocenters. The van der Waals surface area contributed by atoms with Crippen LogP contribution in [0.1, 0.15) is 31.9 Å². The van der Waals surface area contributed by atoms with Crippen molar-refractivity contribution in [1.29, 1.82) is 0 Å². The largest absolute Gasteiger partial charge is 0.469 e. The van der Waals surface area contributed by atoms with E-state index >= 15 is 0 Å². The van der Waals surface area contributed by atoms with Gasteiger partial charge in [-0.05, 0) is 37.1 Å². The van der Waals surface area contributed by atoms with E-state index in [1.165, 1.54) is 18.6 Å². The first-order valence-electron chi connectivity index (χ1n) is 7.54.